The molecule has 1 atom stereocenters. The fourth-order valence-corrected chi connectivity index (χ4v) is 1.71. The van der Waals surface area contributed by atoms with Gasteiger partial charge in [0.2, 0.25) is 0 Å². The molecule has 2 rings (SSSR count). The Kier molecular flexibility index (Phi) is 1.44. The second-order valence-corrected chi connectivity index (χ2v) is 3.22. The quantitative estimate of drug-likeness (QED) is 0.569. The average Bonchev–Trinajstić information content (AvgIpc) is 1.83. The highest BCUT2D eigenvalue weighted by Gasteiger charge is 2.59. The van der Waals surface area contributed by atoms with Gasteiger partial charge < -0.3 is 10.1 Å². The Morgan fingerprint density at radius 1 is 1.27 bits per heavy atom. The third-order valence-electron chi connectivity index (χ3n) is 2.60. The predicted molar refractivity (Wildman–Crippen MR) is 35.7 cm³/mol. The second-order valence-electron chi connectivity index (χ2n) is 3.22. The van der Waals surface area contributed by atoms with E-state index in [0.29, 0.717) is 26.0 Å². The summed E-state index contributed by atoms with van der Waals surface area (Å²) < 4.78 is 31.2. The molecule has 1 N–H and O–H groups in total. The summed E-state index contributed by atoms with van der Waals surface area (Å²) in [6.45, 7) is 0.915. The maximum absolute atomic E-state index is 13.1. The first kappa shape index (κ1) is 7.43. The van der Waals surface area contributed by atoms with Crippen molar-refractivity contribution in [3.63, 3.8) is 0 Å². The van der Waals surface area contributed by atoms with Gasteiger partial charge in [0.25, 0.3) is 5.92 Å². The minimum Gasteiger partial charge on any atom is -0.368 e. The lowest BCUT2D eigenvalue weighted by Gasteiger charge is -2.49. The number of alkyl halides is 2. The first-order valence-corrected chi connectivity index (χ1v) is 3.89. The Morgan fingerprint density at radius 2 is 2.00 bits per heavy atom. The Bertz CT molecular complexity index is 168. The van der Waals surface area contributed by atoms with Gasteiger partial charge in [0.15, 0.2) is 0 Å². The molecule has 64 valence electrons. The highest BCUT2D eigenvalue weighted by atomic mass is 19.3. The largest absolute Gasteiger partial charge is 0.368 e. The van der Waals surface area contributed by atoms with Crippen molar-refractivity contribution in [2.24, 2.45) is 0 Å². The summed E-state index contributed by atoms with van der Waals surface area (Å²) in [5.41, 5.74) is -1.10. The first-order valence-electron chi connectivity index (χ1n) is 3.89. The maximum atomic E-state index is 13.1. The van der Waals surface area contributed by atoms with Crippen LogP contribution in [0.1, 0.15) is 12.8 Å². The molecule has 0 aromatic carbocycles. The lowest BCUT2D eigenvalue weighted by Crippen LogP contribution is -2.65. The topological polar surface area (TPSA) is 21.3 Å². The highest BCUT2D eigenvalue weighted by Crippen LogP contribution is 2.44. The van der Waals surface area contributed by atoms with Crippen LogP contribution in [0.2, 0.25) is 0 Å². The van der Waals surface area contributed by atoms with Crippen LogP contribution < -0.4 is 5.32 Å². The van der Waals surface area contributed by atoms with Crippen molar-refractivity contribution in [2.75, 3.05) is 19.7 Å². The zero-order valence-electron chi connectivity index (χ0n) is 6.20. The molecule has 0 amide bonds. The number of ether oxygens (including phenoxy) is 1. The van der Waals surface area contributed by atoms with Gasteiger partial charge in [0, 0.05) is 6.42 Å². The summed E-state index contributed by atoms with van der Waals surface area (Å²) >= 11 is 0. The molecule has 0 radical (unpaired) electrons. The van der Waals surface area contributed by atoms with E-state index in [9.17, 15) is 8.78 Å². The Labute approximate surface area is 63.9 Å². The van der Waals surface area contributed by atoms with E-state index in [-0.39, 0.29) is 6.54 Å². The number of nitrogens with one attached hydrogen (secondary N) is 1. The zero-order valence-corrected chi connectivity index (χ0v) is 6.20. The Balaban J connectivity index is 2.15. The van der Waals surface area contributed by atoms with Gasteiger partial charge >= 0.3 is 0 Å². The van der Waals surface area contributed by atoms with E-state index >= 15 is 0 Å². The van der Waals surface area contributed by atoms with E-state index in [1.54, 1.807) is 0 Å². The summed E-state index contributed by atoms with van der Waals surface area (Å²) in [6, 6.07) is 0. The molecule has 2 heterocycles. The minimum atomic E-state index is -2.66. The third kappa shape index (κ3) is 0.891. The van der Waals surface area contributed by atoms with Gasteiger partial charge in [-0.2, -0.15) is 0 Å². The van der Waals surface area contributed by atoms with Crippen LogP contribution in [-0.2, 0) is 4.74 Å². The molecule has 1 spiro atoms. The maximum Gasteiger partial charge on any atom is 0.288 e. The summed E-state index contributed by atoms with van der Waals surface area (Å²) in [6.07, 6.45) is 0.960. The van der Waals surface area contributed by atoms with Crippen molar-refractivity contribution in [2.45, 2.75) is 24.4 Å². The first-order chi connectivity index (χ1) is 5.16. The summed E-state index contributed by atoms with van der Waals surface area (Å²) in [7, 11) is 0. The van der Waals surface area contributed by atoms with Gasteiger partial charge in [-0.05, 0) is 13.0 Å². The molecule has 2 saturated heterocycles. The smallest absolute Gasteiger partial charge is 0.288 e. The molecular weight excluding hydrogens is 152 g/mol. The molecule has 2 aliphatic heterocycles. The minimum absolute atomic E-state index is 0.229. The monoisotopic (exact) mass is 163 g/mol. The van der Waals surface area contributed by atoms with Crippen molar-refractivity contribution >= 4 is 0 Å². The Morgan fingerprint density at radius 3 is 2.36 bits per heavy atom. The molecule has 0 bridgehead atoms. The fourth-order valence-electron chi connectivity index (χ4n) is 1.71. The van der Waals surface area contributed by atoms with Crippen LogP contribution in [-0.4, -0.2) is 31.2 Å². The molecule has 2 fully saturated rings. The molecule has 2 aliphatic rings. The van der Waals surface area contributed by atoms with Crippen LogP contribution in [0.15, 0.2) is 0 Å². The normalized spacial score (nSPS) is 42.0. The van der Waals surface area contributed by atoms with Crippen LogP contribution in [0.25, 0.3) is 0 Å². The fraction of sp³-hybridized carbons (Fsp3) is 1.00. The van der Waals surface area contributed by atoms with Crippen molar-refractivity contribution in [1.29, 1.82) is 0 Å². The Hall–Kier alpha value is -0.220. The lowest BCUT2D eigenvalue weighted by molar-refractivity contribution is -0.280. The number of hydrogen-bond donors (Lipinski definition) is 1. The van der Waals surface area contributed by atoms with Gasteiger partial charge in [-0.1, -0.05) is 0 Å². The molecule has 0 aromatic heterocycles. The summed E-state index contributed by atoms with van der Waals surface area (Å²) in [5.74, 6) is -2.66. The molecule has 11 heavy (non-hydrogen) atoms. The van der Waals surface area contributed by atoms with E-state index in [1.807, 2.05) is 0 Å². The van der Waals surface area contributed by atoms with E-state index in [2.05, 4.69) is 5.32 Å². The average molecular weight is 163 g/mol. The number of rotatable bonds is 0. The molecule has 0 aromatic rings. The van der Waals surface area contributed by atoms with Gasteiger partial charge in [-0.25, -0.2) is 8.78 Å². The molecular formula is C7H11F2NO. The van der Waals surface area contributed by atoms with E-state index < -0.39 is 11.5 Å². The van der Waals surface area contributed by atoms with Gasteiger partial charge in [0.1, 0.15) is 5.60 Å². The van der Waals surface area contributed by atoms with E-state index in [4.69, 9.17) is 4.74 Å². The van der Waals surface area contributed by atoms with E-state index in [1.165, 1.54) is 0 Å². The predicted octanol–water partition coefficient (Wildman–Crippen LogP) is 0.774. The number of piperidine rings is 1. The van der Waals surface area contributed by atoms with Crippen molar-refractivity contribution in [1.82, 2.24) is 5.32 Å². The zero-order chi connectivity index (χ0) is 7.95. The van der Waals surface area contributed by atoms with Crippen LogP contribution >= 0.6 is 0 Å². The van der Waals surface area contributed by atoms with E-state index in [0.717, 1.165) is 0 Å². The van der Waals surface area contributed by atoms with Crippen molar-refractivity contribution < 1.29 is 13.5 Å². The molecule has 2 nitrogen and oxygen atoms in total. The van der Waals surface area contributed by atoms with Gasteiger partial charge in [0.05, 0.1) is 13.2 Å². The van der Waals surface area contributed by atoms with Crippen LogP contribution in [0, 0.1) is 0 Å². The molecule has 0 saturated carbocycles. The molecule has 4 heteroatoms. The van der Waals surface area contributed by atoms with Crippen molar-refractivity contribution in [3.05, 3.63) is 0 Å². The SMILES string of the molecule is FC1(F)CNCCC12CCO2. The summed E-state index contributed by atoms with van der Waals surface area (Å²) in [4.78, 5) is 0. The number of halogens is 2. The van der Waals surface area contributed by atoms with Crippen molar-refractivity contribution in [3.8, 4) is 0 Å². The molecule has 0 aliphatic carbocycles. The van der Waals surface area contributed by atoms with Crippen LogP contribution in [0.4, 0.5) is 8.78 Å². The summed E-state index contributed by atoms with van der Waals surface area (Å²) in [5, 5.41) is 2.67. The standard InChI is InChI=1S/C7H11F2NO/c8-7(9)5-10-3-1-6(7)2-4-11-6/h10H,1-5H2. The second kappa shape index (κ2) is 2.14. The lowest BCUT2D eigenvalue weighted by atomic mass is 9.82. The van der Waals surface area contributed by atoms with Gasteiger partial charge in [-0.3, -0.25) is 0 Å². The highest BCUT2D eigenvalue weighted by molar-refractivity contribution is 5.03. The van der Waals surface area contributed by atoms with Crippen LogP contribution in [0.5, 0.6) is 0 Å². The van der Waals surface area contributed by atoms with Gasteiger partial charge in [-0.15, -0.1) is 0 Å². The number of hydrogen-bond acceptors (Lipinski definition) is 2. The molecule has 1 unspecified atom stereocenters. The third-order valence-corrected chi connectivity index (χ3v) is 2.60. The van der Waals surface area contributed by atoms with Crippen LogP contribution in [0.3, 0.4) is 0 Å².